The maximum Gasteiger partial charge on any atom is 0.332 e. The maximum atomic E-state index is 13.7. The zero-order chi connectivity index (χ0) is 24.0. The van der Waals surface area contributed by atoms with Gasteiger partial charge in [-0.2, -0.15) is 0 Å². The van der Waals surface area contributed by atoms with Gasteiger partial charge in [-0.1, -0.05) is 66.2 Å². The Hall–Kier alpha value is -4.19. The number of aryl methyl sites for hydroxylation is 2. The first-order valence-corrected chi connectivity index (χ1v) is 11.3. The quantitative estimate of drug-likeness (QED) is 0.310. The van der Waals surface area contributed by atoms with Crippen molar-refractivity contribution in [2.75, 3.05) is 11.4 Å². The molecule has 1 aromatic heterocycles. The van der Waals surface area contributed by atoms with Gasteiger partial charge in [0.2, 0.25) is 0 Å². The number of Topliss-reactive ketones (excluding diaryl/α,β-unsaturated/α-hetero) is 1. The van der Waals surface area contributed by atoms with Crippen molar-refractivity contribution in [1.82, 2.24) is 9.47 Å². The summed E-state index contributed by atoms with van der Waals surface area (Å²) in [4.78, 5) is 42.6. The molecule has 6 heteroatoms. The number of ketones is 1. The molecule has 34 heavy (non-hydrogen) atoms. The minimum absolute atomic E-state index is 0.268. The van der Waals surface area contributed by atoms with Crippen molar-refractivity contribution in [3.05, 3.63) is 90.0 Å². The molecule has 1 fully saturated rings. The minimum Gasteiger partial charge on any atom is -0.343 e. The van der Waals surface area contributed by atoms with Crippen LogP contribution in [-0.4, -0.2) is 39.8 Å². The first-order valence-electron chi connectivity index (χ1n) is 11.3. The van der Waals surface area contributed by atoms with Crippen molar-refractivity contribution in [3.63, 3.8) is 0 Å². The molecule has 6 nitrogen and oxygen atoms in total. The Morgan fingerprint density at radius 3 is 2.24 bits per heavy atom. The lowest BCUT2D eigenvalue weighted by atomic mass is 10.0. The summed E-state index contributed by atoms with van der Waals surface area (Å²) in [5, 5.41) is 0.802. The third-order valence-electron chi connectivity index (χ3n) is 6.49. The van der Waals surface area contributed by atoms with E-state index in [4.69, 9.17) is 0 Å². The molecule has 0 N–H and O–H groups in total. The second kappa shape index (κ2) is 8.30. The molecule has 0 bridgehead atoms. The molecule has 170 valence electrons. The molecule has 1 saturated heterocycles. The van der Waals surface area contributed by atoms with E-state index < -0.39 is 12.1 Å². The van der Waals surface area contributed by atoms with Crippen LogP contribution in [0.1, 0.15) is 22.8 Å². The molecule has 2 heterocycles. The van der Waals surface area contributed by atoms with E-state index in [9.17, 15) is 14.4 Å². The van der Waals surface area contributed by atoms with Crippen molar-refractivity contribution >= 4 is 34.3 Å². The van der Waals surface area contributed by atoms with Gasteiger partial charge in [-0.05, 0) is 37.6 Å². The normalized spacial score (nSPS) is 16.0. The van der Waals surface area contributed by atoms with Gasteiger partial charge in [0.25, 0.3) is 5.91 Å². The predicted octanol–water partition coefficient (Wildman–Crippen LogP) is 5.19. The van der Waals surface area contributed by atoms with E-state index in [1.165, 1.54) is 4.90 Å². The van der Waals surface area contributed by atoms with Crippen LogP contribution in [0.4, 0.5) is 10.5 Å². The molecule has 0 unspecified atom stereocenters. The van der Waals surface area contributed by atoms with Crippen LogP contribution < -0.4 is 4.90 Å². The molecule has 0 radical (unpaired) electrons. The molecule has 0 spiro atoms. The molecular weight excluding hydrogens is 426 g/mol. The molecule has 3 aromatic carbocycles. The number of nitrogens with zero attached hydrogens (tertiary/aromatic N) is 3. The zero-order valence-corrected chi connectivity index (χ0v) is 19.4. The number of hydrogen-bond donors (Lipinski definition) is 0. The molecule has 3 amide bonds. The Morgan fingerprint density at radius 1 is 0.882 bits per heavy atom. The number of amides is 3. The Balaban J connectivity index is 1.54. The number of fused-ring (bicyclic) bond motifs is 1. The van der Waals surface area contributed by atoms with Crippen LogP contribution in [-0.2, 0) is 11.8 Å². The Kier molecular flexibility index (Phi) is 5.28. The van der Waals surface area contributed by atoms with E-state index in [1.807, 2.05) is 97.4 Å². The molecule has 0 saturated carbocycles. The minimum atomic E-state index is -0.677. The number of benzene rings is 3. The summed E-state index contributed by atoms with van der Waals surface area (Å²) in [6.45, 7) is 3.35. The molecule has 1 aliphatic rings. The highest BCUT2D eigenvalue weighted by molar-refractivity contribution is 6.20. The Morgan fingerprint density at radius 2 is 1.53 bits per heavy atom. The van der Waals surface area contributed by atoms with Crippen LogP contribution in [0, 0.1) is 6.92 Å². The number of imide groups is 1. The molecule has 0 aliphatic carbocycles. The van der Waals surface area contributed by atoms with Gasteiger partial charge in [0, 0.05) is 23.6 Å². The Labute approximate surface area is 198 Å². The number of urea groups is 1. The van der Waals surface area contributed by atoms with E-state index in [0.29, 0.717) is 11.3 Å². The standard InChI is InChI=1S/C28H25N3O3/c1-18-13-15-21(16-14-18)31-19(2)27(33)30(28(31)34)17-24(32)25-22-11-7-8-12-23(22)29(3)26(25)20-9-5-4-6-10-20/h4-16,19H,17H2,1-3H3/t19-/m0/s1. The Bertz CT molecular complexity index is 1420. The van der Waals surface area contributed by atoms with Gasteiger partial charge in [0.05, 0.1) is 17.8 Å². The summed E-state index contributed by atoms with van der Waals surface area (Å²) in [5.41, 5.74) is 4.81. The molecule has 5 rings (SSSR count). The highest BCUT2D eigenvalue weighted by Crippen LogP contribution is 2.34. The average molecular weight is 452 g/mol. The van der Waals surface area contributed by atoms with Crippen molar-refractivity contribution in [2.24, 2.45) is 7.05 Å². The van der Waals surface area contributed by atoms with Crippen LogP contribution in [0.15, 0.2) is 78.9 Å². The molecule has 1 atom stereocenters. The highest BCUT2D eigenvalue weighted by Gasteiger charge is 2.44. The van der Waals surface area contributed by atoms with Crippen molar-refractivity contribution in [2.45, 2.75) is 19.9 Å². The van der Waals surface area contributed by atoms with Crippen molar-refractivity contribution < 1.29 is 14.4 Å². The summed E-state index contributed by atoms with van der Waals surface area (Å²) >= 11 is 0. The number of carbonyl (C=O) groups excluding carboxylic acids is 3. The summed E-state index contributed by atoms with van der Waals surface area (Å²) < 4.78 is 1.99. The zero-order valence-electron chi connectivity index (χ0n) is 19.4. The number of para-hydroxylation sites is 1. The summed E-state index contributed by atoms with van der Waals surface area (Å²) in [6.07, 6.45) is 0. The third kappa shape index (κ3) is 3.39. The number of carbonyl (C=O) groups is 3. The third-order valence-corrected chi connectivity index (χ3v) is 6.49. The fraction of sp³-hybridized carbons (Fsp3) is 0.179. The van der Waals surface area contributed by atoms with Crippen molar-refractivity contribution in [1.29, 1.82) is 0 Å². The van der Waals surface area contributed by atoms with Crippen LogP contribution in [0.5, 0.6) is 0 Å². The maximum absolute atomic E-state index is 13.7. The van der Waals surface area contributed by atoms with E-state index >= 15 is 0 Å². The van der Waals surface area contributed by atoms with Gasteiger partial charge < -0.3 is 4.57 Å². The number of hydrogen-bond acceptors (Lipinski definition) is 3. The van der Waals surface area contributed by atoms with Gasteiger partial charge in [0.1, 0.15) is 6.04 Å². The van der Waals surface area contributed by atoms with Gasteiger partial charge >= 0.3 is 6.03 Å². The van der Waals surface area contributed by atoms with E-state index in [0.717, 1.165) is 32.6 Å². The number of rotatable bonds is 5. The molecular formula is C28H25N3O3. The van der Waals surface area contributed by atoms with E-state index in [2.05, 4.69) is 0 Å². The summed E-state index contributed by atoms with van der Waals surface area (Å²) in [5.74, 6) is -0.643. The number of aromatic nitrogens is 1. The number of anilines is 1. The average Bonchev–Trinajstić information content (AvgIpc) is 3.26. The SMILES string of the molecule is Cc1ccc(N2C(=O)N(CC(=O)c3c(-c4ccccc4)n(C)c4ccccc34)C(=O)[C@@H]2C)cc1. The first kappa shape index (κ1) is 21.6. The second-order valence-electron chi connectivity index (χ2n) is 8.68. The lowest BCUT2D eigenvalue weighted by molar-refractivity contribution is -0.126. The fourth-order valence-corrected chi connectivity index (χ4v) is 4.74. The lowest BCUT2D eigenvalue weighted by Crippen LogP contribution is -2.37. The lowest BCUT2D eigenvalue weighted by Gasteiger charge is -2.19. The van der Waals surface area contributed by atoms with Gasteiger partial charge in [-0.3, -0.25) is 19.4 Å². The van der Waals surface area contributed by atoms with E-state index in [1.54, 1.807) is 6.92 Å². The van der Waals surface area contributed by atoms with Gasteiger partial charge in [-0.25, -0.2) is 4.79 Å². The monoisotopic (exact) mass is 451 g/mol. The first-order chi connectivity index (χ1) is 16.4. The smallest absolute Gasteiger partial charge is 0.332 e. The van der Waals surface area contributed by atoms with Gasteiger partial charge in [-0.15, -0.1) is 0 Å². The summed E-state index contributed by atoms with van der Waals surface area (Å²) in [6, 6.07) is 23.7. The van der Waals surface area contributed by atoms with Gasteiger partial charge in [0.15, 0.2) is 5.78 Å². The van der Waals surface area contributed by atoms with Crippen LogP contribution >= 0.6 is 0 Å². The highest BCUT2D eigenvalue weighted by atomic mass is 16.2. The fourth-order valence-electron chi connectivity index (χ4n) is 4.74. The van der Waals surface area contributed by atoms with Crippen LogP contribution in [0.3, 0.4) is 0 Å². The molecule has 1 aliphatic heterocycles. The van der Waals surface area contributed by atoms with Crippen LogP contribution in [0.25, 0.3) is 22.2 Å². The topological polar surface area (TPSA) is 62.6 Å². The van der Waals surface area contributed by atoms with E-state index in [-0.39, 0.29) is 18.2 Å². The molecule has 4 aromatic rings. The predicted molar refractivity (Wildman–Crippen MR) is 133 cm³/mol. The second-order valence-corrected chi connectivity index (χ2v) is 8.68. The van der Waals surface area contributed by atoms with Crippen molar-refractivity contribution in [3.8, 4) is 11.3 Å². The summed E-state index contributed by atoms with van der Waals surface area (Å²) in [7, 11) is 1.93. The largest absolute Gasteiger partial charge is 0.343 e. The van der Waals surface area contributed by atoms with Crippen LogP contribution in [0.2, 0.25) is 0 Å².